The molecule has 0 saturated carbocycles. The van der Waals surface area contributed by atoms with Crippen LogP contribution in [0.4, 0.5) is 0 Å². The molecule has 1 aliphatic carbocycles. The molecule has 0 aromatic rings. The Kier molecular flexibility index (Phi) is 8.42. The van der Waals surface area contributed by atoms with Gasteiger partial charge < -0.3 is 0 Å². The number of hydrogen-bond acceptors (Lipinski definition) is 0. The van der Waals surface area contributed by atoms with Gasteiger partial charge in [0.05, 0.1) is 0 Å². The third-order valence-electron chi connectivity index (χ3n) is 2.20. The van der Waals surface area contributed by atoms with Gasteiger partial charge in [-0.1, -0.05) is 50.0 Å². The van der Waals surface area contributed by atoms with Crippen molar-refractivity contribution in [2.24, 2.45) is 0 Å². The summed E-state index contributed by atoms with van der Waals surface area (Å²) >= 11 is 0. The Labute approximate surface area is 98.4 Å². The van der Waals surface area contributed by atoms with E-state index in [9.17, 15) is 0 Å². The van der Waals surface area contributed by atoms with Crippen LogP contribution in [-0.2, 0) is 0 Å². The first-order valence-electron chi connectivity index (χ1n) is 4.78. The molecule has 12 heavy (non-hydrogen) atoms. The minimum absolute atomic E-state index is 0. The van der Waals surface area contributed by atoms with Gasteiger partial charge in [-0.3, -0.25) is 0 Å². The van der Waals surface area contributed by atoms with E-state index in [1.54, 1.807) is 5.57 Å². The predicted molar refractivity (Wildman–Crippen MR) is 57.7 cm³/mol. The molecule has 0 amide bonds. The molecule has 0 bridgehead atoms. The van der Waals surface area contributed by atoms with Crippen LogP contribution in [0.1, 0.15) is 45.4 Å². The van der Waals surface area contributed by atoms with Crippen molar-refractivity contribution in [3.05, 3.63) is 23.8 Å². The molecule has 1 heteroatoms. The summed E-state index contributed by atoms with van der Waals surface area (Å²) in [6, 6.07) is 0. The van der Waals surface area contributed by atoms with Gasteiger partial charge >= 0.3 is 29.6 Å². The van der Waals surface area contributed by atoms with Crippen LogP contribution in [0, 0.1) is 0 Å². The number of unbranched alkanes of at least 4 members (excludes halogenated alkanes) is 3. The van der Waals surface area contributed by atoms with Crippen molar-refractivity contribution in [2.75, 3.05) is 0 Å². The minimum atomic E-state index is 0. The van der Waals surface area contributed by atoms with Crippen LogP contribution >= 0.6 is 0 Å². The molecule has 0 atom stereocenters. The summed E-state index contributed by atoms with van der Waals surface area (Å²) in [4.78, 5) is 0. The van der Waals surface area contributed by atoms with Gasteiger partial charge in [-0.15, -0.1) is 0 Å². The summed E-state index contributed by atoms with van der Waals surface area (Å²) in [5.41, 5.74) is 1.63. The Bertz CT molecular complexity index is 156. The molecule has 0 aromatic heterocycles. The maximum absolute atomic E-state index is 2.27. The normalized spacial score (nSPS) is 14.2. The van der Waals surface area contributed by atoms with Gasteiger partial charge in [-0.25, -0.2) is 0 Å². The van der Waals surface area contributed by atoms with Crippen molar-refractivity contribution in [1.82, 2.24) is 0 Å². The first-order valence-corrected chi connectivity index (χ1v) is 4.78. The molecule has 64 valence electrons. The molecule has 0 aromatic carbocycles. The molecular weight excluding hydrogens is 155 g/mol. The second-order valence-corrected chi connectivity index (χ2v) is 3.27. The Hall–Kier alpha value is 0.480. The van der Waals surface area contributed by atoms with Crippen molar-refractivity contribution in [3.63, 3.8) is 0 Å². The molecule has 0 aliphatic heterocycles. The van der Waals surface area contributed by atoms with E-state index in [1.165, 1.54) is 38.5 Å². The van der Waals surface area contributed by atoms with E-state index in [2.05, 4.69) is 25.2 Å². The monoisotopic (exact) mass is 174 g/mol. The molecule has 0 fully saturated rings. The molecule has 0 nitrogen and oxygen atoms in total. The summed E-state index contributed by atoms with van der Waals surface area (Å²) in [7, 11) is 0. The van der Waals surface area contributed by atoms with E-state index in [0.717, 1.165) is 0 Å². The van der Waals surface area contributed by atoms with Crippen LogP contribution < -0.4 is 0 Å². The van der Waals surface area contributed by atoms with E-state index in [1.807, 2.05) is 0 Å². The van der Waals surface area contributed by atoms with Crippen LogP contribution in [-0.4, -0.2) is 29.6 Å². The summed E-state index contributed by atoms with van der Waals surface area (Å²) < 4.78 is 0. The van der Waals surface area contributed by atoms with Crippen LogP contribution in [0.25, 0.3) is 0 Å². The van der Waals surface area contributed by atoms with Crippen LogP contribution in [0.3, 0.4) is 0 Å². The average molecular weight is 174 g/mol. The van der Waals surface area contributed by atoms with E-state index < -0.39 is 0 Å². The number of hydrogen-bond donors (Lipinski definition) is 0. The summed E-state index contributed by atoms with van der Waals surface area (Å²) in [5, 5.41) is 0. The topological polar surface area (TPSA) is 0 Å². The number of rotatable bonds is 5. The van der Waals surface area contributed by atoms with E-state index in [0.29, 0.717) is 0 Å². The molecule has 0 N–H and O–H groups in total. The summed E-state index contributed by atoms with van der Waals surface area (Å²) in [5.74, 6) is 0. The Morgan fingerprint density at radius 1 is 1.25 bits per heavy atom. The maximum atomic E-state index is 2.27. The van der Waals surface area contributed by atoms with Crippen molar-refractivity contribution >= 4 is 29.6 Å². The van der Waals surface area contributed by atoms with E-state index in [-0.39, 0.29) is 29.6 Å². The van der Waals surface area contributed by atoms with Gasteiger partial charge in [-0.2, -0.15) is 0 Å². The average Bonchev–Trinajstić information content (AvgIpc) is 2.50. The van der Waals surface area contributed by atoms with Gasteiger partial charge in [0.1, 0.15) is 0 Å². The molecule has 1 aliphatic rings. The second-order valence-electron chi connectivity index (χ2n) is 3.27. The SMILES string of the molecule is CCCCCCC1=CC=CC1.[NaH]. The fourth-order valence-electron chi connectivity index (χ4n) is 1.46. The quantitative estimate of drug-likeness (QED) is 0.443. The third-order valence-corrected chi connectivity index (χ3v) is 2.20. The zero-order valence-corrected chi connectivity index (χ0v) is 7.47. The molecule has 0 spiro atoms. The Morgan fingerprint density at radius 3 is 2.67 bits per heavy atom. The Morgan fingerprint density at radius 2 is 2.08 bits per heavy atom. The van der Waals surface area contributed by atoms with Gasteiger partial charge in [0, 0.05) is 0 Å². The zero-order chi connectivity index (χ0) is 7.94. The first-order chi connectivity index (χ1) is 5.43. The van der Waals surface area contributed by atoms with E-state index in [4.69, 9.17) is 0 Å². The fraction of sp³-hybridized carbons (Fsp3) is 0.636. The van der Waals surface area contributed by atoms with Crippen molar-refractivity contribution in [2.45, 2.75) is 45.4 Å². The van der Waals surface area contributed by atoms with E-state index >= 15 is 0 Å². The third kappa shape index (κ3) is 5.18. The molecule has 0 heterocycles. The van der Waals surface area contributed by atoms with Gasteiger partial charge in [0.25, 0.3) is 0 Å². The number of allylic oxidation sites excluding steroid dienone is 4. The molecule has 1 rings (SSSR count). The van der Waals surface area contributed by atoms with Gasteiger partial charge in [-0.05, 0) is 19.3 Å². The Balaban J connectivity index is 0.00000121. The fourth-order valence-corrected chi connectivity index (χ4v) is 1.46. The zero-order valence-electron chi connectivity index (χ0n) is 7.47. The van der Waals surface area contributed by atoms with Crippen molar-refractivity contribution < 1.29 is 0 Å². The van der Waals surface area contributed by atoms with Crippen LogP contribution in [0.5, 0.6) is 0 Å². The predicted octanol–water partition coefficient (Wildman–Crippen LogP) is 3.19. The molecule has 0 saturated heterocycles. The van der Waals surface area contributed by atoms with Gasteiger partial charge in [0.15, 0.2) is 0 Å². The molecule has 0 radical (unpaired) electrons. The second kappa shape index (κ2) is 8.10. The molecular formula is C11H19Na. The van der Waals surface area contributed by atoms with Gasteiger partial charge in [0.2, 0.25) is 0 Å². The van der Waals surface area contributed by atoms with Crippen LogP contribution in [0.2, 0.25) is 0 Å². The summed E-state index contributed by atoms with van der Waals surface area (Å²) in [6.45, 7) is 2.26. The standard InChI is InChI=1S/C11H18.Na.H/c1-2-3-4-5-8-11-9-6-7-10-11;;/h6-7,9H,2-5,8,10H2,1H3;;. The van der Waals surface area contributed by atoms with Crippen molar-refractivity contribution in [1.29, 1.82) is 0 Å². The summed E-state index contributed by atoms with van der Waals surface area (Å²) in [6.07, 6.45) is 14.8. The van der Waals surface area contributed by atoms with Crippen molar-refractivity contribution in [3.8, 4) is 0 Å². The molecule has 0 unspecified atom stereocenters. The first kappa shape index (κ1) is 12.5. The van der Waals surface area contributed by atoms with Crippen LogP contribution in [0.15, 0.2) is 23.8 Å².